The van der Waals surface area contributed by atoms with Crippen molar-refractivity contribution in [1.82, 2.24) is 5.32 Å². The summed E-state index contributed by atoms with van der Waals surface area (Å²) in [6.07, 6.45) is -2.58. The molecule has 3 fully saturated rings. The van der Waals surface area contributed by atoms with Gasteiger partial charge in [0.05, 0.1) is 24.4 Å². The predicted molar refractivity (Wildman–Crippen MR) is 126 cm³/mol. The van der Waals surface area contributed by atoms with Gasteiger partial charge >= 0.3 is 0 Å². The summed E-state index contributed by atoms with van der Waals surface area (Å²) in [6, 6.07) is 9.64. The highest BCUT2D eigenvalue weighted by molar-refractivity contribution is 5.18. The highest BCUT2D eigenvalue weighted by Gasteiger charge is 2.68. The van der Waals surface area contributed by atoms with Crippen LogP contribution >= 0.6 is 0 Å². The molecule has 0 amide bonds. The van der Waals surface area contributed by atoms with Gasteiger partial charge in [-0.1, -0.05) is 44.2 Å². The molecule has 0 spiro atoms. The Morgan fingerprint density at radius 2 is 1.79 bits per heavy atom. The monoisotopic (exact) mass is 479 g/mol. The maximum atomic E-state index is 11.8. The van der Waals surface area contributed by atoms with E-state index in [1.165, 1.54) is 5.56 Å². The van der Waals surface area contributed by atoms with Crippen LogP contribution in [0.3, 0.4) is 0 Å². The maximum absolute atomic E-state index is 11.8. The molecule has 1 aromatic carbocycles. The number of hydrogen-bond donors (Lipinski definition) is 5. The SMILES string of the molecule is CC[C@@H]1[C@H](O)[C@H](NC)[C@H]2O[C@]3(O)[C@H](O[C@@H]2[C@H]1O)O[C@H](C)C[C@@]3(O)CCCC(C)c1ccccc1. The van der Waals surface area contributed by atoms with Gasteiger partial charge in [0.15, 0.2) is 0 Å². The second-order valence-corrected chi connectivity index (χ2v) is 10.5. The van der Waals surface area contributed by atoms with Crippen LogP contribution in [0.25, 0.3) is 0 Å². The Morgan fingerprint density at radius 1 is 1.09 bits per heavy atom. The normalized spacial score (nSPS) is 45.3. The Bertz CT molecular complexity index is 812. The van der Waals surface area contributed by atoms with E-state index in [0.717, 1.165) is 6.42 Å². The molecule has 2 heterocycles. The van der Waals surface area contributed by atoms with Gasteiger partial charge in [-0.15, -0.1) is 0 Å². The Hall–Kier alpha value is -1.10. The first-order chi connectivity index (χ1) is 16.1. The smallest absolute Gasteiger partial charge is 0.248 e. The second-order valence-electron chi connectivity index (χ2n) is 10.5. The number of ether oxygens (including phenoxy) is 3. The van der Waals surface area contributed by atoms with Gasteiger partial charge in [0, 0.05) is 12.3 Å². The van der Waals surface area contributed by atoms with Gasteiger partial charge in [0.2, 0.25) is 12.1 Å². The molecular weight excluding hydrogens is 438 g/mol. The van der Waals surface area contributed by atoms with Crippen molar-refractivity contribution in [1.29, 1.82) is 0 Å². The first kappa shape index (κ1) is 26.0. The van der Waals surface area contributed by atoms with Crippen LogP contribution in [0.4, 0.5) is 0 Å². The lowest BCUT2D eigenvalue weighted by Crippen LogP contribution is -2.78. The number of nitrogens with one attached hydrogen (secondary N) is 1. The lowest BCUT2D eigenvalue weighted by molar-refractivity contribution is -0.485. The van der Waals surface area contributed by atoms with Crippen molar-refractivity contribution in [3.05, 3.63) is 35.9 Å². The summed E-state index contributed by atoms with van der Waals surface area (Å²) >= 11 is 0. The lowest BCUT2D eigenvalue weighted by atomic mass is 9.73. The van der Waals surface area contributed by atoms with Gasteiger partial charge in [0.1, 0.15) is 17.8 Å². The summed E-state index contributed by atoms with van der Waals surface area (Å²) in [6.45, 7) is 5.89. The van der Waals surface area contributed by atoms with Gasteiger partial charge in [-0.3, -0.25) is 0 Å². The molecular formula is C26H41NO7. The van der Waals surface area contributed by atoms with Crippen LogP contribution < -0.4 is 5.32 Å². The molecule has 11 atom stereocenters. The molecule has 8 nitrogen and oxygen atoms in total. The van der Waals surface area contributed by atoms with Gasteiger partial charge in [-0.25, -0.2) is 0 Å². The molecule has 1 aromatic rings. The molecule has 192 valence electrons. The molecule has 2 saturated heterocycles. The standard InChI is InChI=1S/C26H41NO7/c1-5-18-20(28)19(27-4)22-23(21(18)29)33-24-26(31,34-22)25(30,14-16(3)32-24)13-9-10-15(2)17-11-7-6-8-12-17/h6-8,11-12,15-16,18-24,27-31H,5,9-10,13-14H2,1-4H3/t15?,16-,18-,19+,20+,21+,22-,23-,24+,25+,26-/m1/s1. The number of aliphatic hydroxyl groups is 4. The van der Waals surface area contributed by atoms with E-state index in [2.05, 4.69) is 24.4 Å². The molecule has 5 N–H and O–H groups in total. The van der Waals surface area contributed by atoms with E-state index in [1.807, 2.05) is 32.0 Å². The Morgan fingerprint density at radius 3 is 2.44 bits per heavy atom. The van der Waals surface area contributed by atoms with Crippen molar-refractivity contribution in [2.75, 3.05) is 7.05 Å². The van der Waals surface area contributed by atoms with E-state index in [0.29, 0.717) is 25.2 Å². The van der Waals surface area contributed by atoms with Crippen molar-refractivity contribution < 1.29 is 34.6 Å². The van der Waals surface area contributed by atoms with E-state index in [1.54, 1.807) is 7.05 Å². The second kappa shape index (κ2) is 10.1. The molecule has 0 bridgehead atoms. The lowest BCUT2D eigenvalue weighted by Gasteiger charge is -2.60. The van der Waals surface area contributed by atoms with Gasteiger partial charge in [-0.2, -0.15) is 0 Å². The molecule has 1 saturated carbocycles. The van der Waals surface area contributed by atoms with Crippen molar-refractivity contribution in [2.24, 2.45) is 5.92 Å². The quantitative estimate of drug-likeness (QED) is 0.400. The predicted octanol–water partition coefficient (Wildman–Crippen LogP) is 1.65. The highest BCUT2D eigenvalue weighted by atomic mass is 16.8. The molecule has 0 radical (unpaired) electrons. The van der Waals surface area contributed by atoms with Crippen molar-refractivity contribution in [3.63, 3.8) is 0 Å². The number of hydrogen-bond acceptors (Lipinski definition) is 8. The van der Waals surface area contributed by atoms with Crippen molar-refractivity contribution in [3.8, 4) is 0 Å². The van der Waals surface area contributed by atoms with Gasteiger partial charge in [-0.05, 0) is 51.1 Å². The molecule has 2 aliphatic heterocycles. The number of benzene rings is 1. The largest absolute Gasteiger partial charge is 0.391 e. The Labute approximate surface area is 202 Å². The molecule has 8 heteroatoms. The minimum Gasteiger partial charge on any atom is -0.391 e. The first-order valence-corrected chi connectivity index (χ1v) is 12.7. The molecule has 4 rings (SSSR count). The molecule has 1 aliphatic carbocycles. The molecule has 0 aromatic heterocycles. The van der Waals surface area contributed by atoms with E-state index >= 15 is 0 Å². The van der Waals surface area contributed by atoms with Crippen LogP contribution in [0.2, 0.25) is 0 Å². The molecule has 1 unspecified atom stereocenters. The summed E-state index contributed by atoms with van der Waals surface area (Å²) in [5.41, 5.74) is -0.369. The van der Waals surface area contributed by atoms with Crippen molar-refractivity contribution in [2.45, 2.75) is 113 Å². The first-order valence-electron chi connectivity index (χ1n) is 12.7. The third kappa shape index (κ3) is 4.44. The Kier molecular flexibility index (Phi) is 7.72. The van der Waals surface area contributed by atoms with E-state index in [4.69, 9.17) is 14.2 Å². The van der Waals surface area contributed by atoms with Crippen LogP contribution in [0.1, 0.15) is 64.4 Å². The number of fused-ring (bicyclic) bond motifs is 2. The Balaban J connectivity index is 1.53. The summed E-state index contributed by atoms with van der Waals surface area (Å²) in [4.78, 5) is 0. The van der Waals surface area contributed by atoms with Crippen LogP contribution in [-0.4, -0.2) is 81.7 Å². The minimum atomic E-state index is -2.12. The van der Waals surface area contributed by atoms with E-state index in [-0.39, 0.29) is 12.5 Å². The van der Waals surface area contributed by atoms with Gasteiger partial charge < -0.3 is 40.0 Å². The third-order valence-electron chi connectivity index (χ3n) is 8.22. The average Bonchev–Trinajstić information content (AvgIpc) is 2.80. The van der Waals surface area contributed by atoms with E-state index < -0.39 is 54.1 Å². The number of rotatable bonds is 7. The number of aliphatic hydroxyl groups excluding tert-OH is 2. The minimum absolute atomic E-state index is 0.188. The fraction of sp³-hybridized carbons (Fsp3) is 0.769. The maximum Gasteiger partial charge on any atom is 0.248 e. The zero-order valence-corrected chi connectivity index (χ0v) is 20.6. The zero-order chi connectivity index (χ0) is 24.7. The highest BCUT2D eigenvalue weighted by Crippen LogP contribution is 2.49. The fourth-order valence-corrected chi connectivity index (χ4v) is 6.18. The summed E-state index contributed by atoms with van der Waals surface area (Å²) < 4.78 is 18.2. The van der Waals surface area contributed by atoms with Crippen LogP contribution in [-0.2, 0) is 14.2 Å². The summed E-state index contributed by atoms with van der Waals surface area (Å²) in [5.74, 6) is -2.22. The van der Waals surface area contributed by atoms with Crippen LogP contribution in [0.15, 0.2) is 30.3 Å². The molecule has 3 aliphatic rings. The zero-order valence-electron chi connectivity index (χ0n) is 20.6. The van der Waals surface area contributed by atoms with Crippen molar-refractivity contribution >= 4 is 0 Å². The summed E-state index contributed by atoms with van der Waals surface area (Å²) in [5, 5.41) is 48.4. The van der Waals surface area contributed by atoms with Crippen LogP contribution in [0, 0.1) is 5.92 Å². The van der Waals surface area contributed by atoms with Crippen LogP contribution in [0.5, 0.6) is 0 Å². The third-order valence-corrected chi connectivity index (χ3v) is 8.22. The topological polar surface area (TPSA) is 121 Å². The summed E-state index contributed by atoms with van der Waals surface area (Å²) in [7, 11) is 1.70. The fourth-order valence-electron chi connectivity index (χ4n) is 6.18. The molecule has 34 heavy (non-hydrogen) atoms. The average molecular weight is 480 g/mol. The van der Waals surface area contributed by atoms with E-state index in [9.17, 15) is 20.4 Å². The number of likely N-dealkylation sites (N-methyl/N-ethyl adjacent to an activating group) is 1. The van der Waals surface area contributed by atoms with Gasteiger partial charge in [0.25, 0.3) is 0 Å².